The molecule has 1 amide bonds. The summed E-state index contributed by atoms with van der Waals surface area (Å²) in [5.41, 5.74) is 0.981. The van der Waals surface area contributed by atoms with Gasteiger partial charge in [0.25, 0.3) is 11.6 Å². The van der Waals surface area contributed by atoms with Crippen LogP contribution in [0.25, 0.3) is 0 Å². The van der Waals surface area contributed by atoms with Gasteiger partial charge in [-0.05, 0) is 36.9 Å². The van der Waals surface area contributed by atoms with Crippen LogP contribution < -0.4 is 14.8 Å². The molecule has 0 heterocycles. The molecule has 0 fully saturated rings. The first-order valence-electron chi connectivity index (χ1n) is 9.43. The van der Waals surface area contributed by atoms with E-state index in [1.807, 2.05) is 24.3 Å². The lowest BCUT2D eigenvalue weighted by Gasteiger charge is -2.30. The first kappa shape index (κ1) is 22.2. The Labute approximate surface area is 170 Å². The van der Waals surface area contributed by atoms with Gasteiger partial charge in [0, 0.05) is 18.7 Å². The number of carbonyl (C=O) groups excluding carboxylic acids is 1. The lowest BCUT2D eigenvalue weighted by Crippen LogP contribution is -2.38. The predicted octanol–water partition coefficient (Wildman–Crippen LogP) is 3.42. The van der Waals surface area contributed by atoms with Crippen LogP contribution in [0.2, 0.25) is 0 Å². The zero-order valence-corrected chi connectivity index (χ0v) is 17.2. The van der Waals surface area contributed by atoms with Crippen LogP contribution in [-0.2, 0) is 0 Å². The summed E-state index contributed by atoms with van der Waals surface area (Å²) >= 11 is 0. The Morgan fingerprint density at radius 1 is 1.14 bits per heavy atom. The van der Waals surface area contributed by atoms with Crippen LogP contribution in [0.5, 0.6) is 11.5 Å². The second-order valence-corrected chi connectivity index (χ2v) is 6.37. The van der Waals surface area contributed by atoms with Gasteiger partial charge in [0.1, 0.15) is 11.5 Å². The van der Waals surface area contributed by atoms with Crippen LogP contribution in [0.4, 0.5) is 5.69 Å². The van der Waals surface area contributed by atoms with Crippen LogP contribution in [0, 0.1) is 10.1 Å². The number of carbonyl (C=O) groups is 1. The summed E-state index contributed by atoms with van der Waals surface area (Å²) in [7, 11) is 3.04. The molecular weight excluding hydrogens is 374 g/mol. The molecule has 8 heteroatoms. The number of nitrogens with one attached hydrogen (secondary N) is 1. The van der Waals surface area contributed by atoms with Crippen LogP contribution in [0.15, 0.2) is 42.5 Å². The molecule has 0 aromatic heterocycles. The third-order valence-electron chi connectivity index (χ3n) is 4.83. The lowest BCUT2D eigenvalue weighted by atomic mass is 10.0. The first-order chi connectivity index (χ1) is 13.9. The topological polar surface area (TPSA) is 93.9 Å². The van der Waals surface area contributed by atoms with E-state index in [1.54, 1.807) is 7.11 Å². The predicted molar refractivity (Wildman–Crippen MR) is 111 cm³/mol. The summed E-state index contributed by atoms with van der Waals surface area (Å²) in [5.74, 6) is 0.603. The van der Waals surface area contributed by atoms with Crippen molar-refractivity contribution in [1.29, 1.82) is 0 Å². The Bertz CT molecular complexity index is 852. The van der Waals surface area contributed by atoms with Crippen LogP contribution in [0.3, 0.4) is 0 Å². The summed E-state index contributed by atoms with van der Waals surface area (Å²) in [5, 5.41) is 14.0. The van der Waals surface area contributed by atoms with Crippen LogP contribution in [-0.4, -0.2) is 49.6 Å². The number of rotatable bonds is 10. The number of hydrogen-bond acceptors (Lipinski definition) is 6. The van der Waals surface area contributed by atoms with Gasteiger partial charge in [-0.1, -0.05) is 26.0 Å². The number of non-ortho nitro benzene ring substituents is 1. The van der Waals surface area contributed by atoms with Gasteiger partial charge in [0.15, 0.2) is 0 Å². The Morgan fingerprint density at radius 3 is 2.45 bits per heavy atom. The fourth-order valence-corrected chi connectivity index (χ4v) is 3.24. The summed E-state index contributed by atoms with van der Waals surface area (Å²) in [6, 6.07) is 11.6. The maximum Gasteiger partial charge on any atom is 0.270 e. The average Bonchev–Trinajstić information content (AvgIpc) is 2.75. The summed E-state index contributed by atoms with van der Waals surface area (Å²) in [6.45, 7) is 6.05. The molecule has 0 saturated heterocycles. The molecule has 0 radical (unpaired) electrons. The van der Waals surface area contributed by atoms with E-state index in [1.165, 1.54) is 25.3 Å². The van der Waals surface area contributed by atoms with Crippen molar-refractivity contribution in [3.05, 3.63) is 63.7 Å². The minimum Gasteiger partial charge on any atom is -0.497 e. The van der Waals surface area contributed by atoms with Crippen molar-refractivity contribution in [2.45, 2.75) is 19.9 Å². The molecular formula is C21H27N3O5. The van der Waals surface area contributed by atoms with Gasteiger partial charge >= 0.3 is 0 Å². The monoisotopic (exact) mass is 401 g/mol. The van der Waals surface area contributed by atoms with Gasteiger partial charge in [-0.3, -0.25) is 19.8 Å². The van der Waals surface area contributed by atoms with E-state index in [9.17, 15) is 14.9 Å². The third kappa shape index (κ3) is 5.45. The quantitative estimate of drug-likeness (QED) is 0.484. The number of nitro benzene ring substituents is 1. The SMILES string of the molecule is CCN(CC)C(CNC(=O)c1cc([N+](=O)[O-])ccc1OC)c1cccc(OC)c1. The second kappa shape index (κ2) is 10.4. The molecule has 2 aromatic rings. The van der Waals surface area contributed by atoms with E-state index in [0.717, 1.165) is 24.4 Å². The van der Waals surface area contributed by atoms with Crippen molar-refractivity contribution in [1.82, 2.24) is 10.2 Å². The number of methoxy groups -OCH3 is 2. The molecule has 0 spiro atoms. The zero-order valence-electron chi connectivity index (χ0n) is 17.2. The number of hydrogen-bond donors (Lipinski definition) is 1. The molecule has 2 aromatic carbocycles. The van der Waals surface area contributed by atoms with Crippen molar-refractivity contribution in [3.63, 3.8) is 0 Å². The van der Waals surface area contributed by atoms with Crippen molar-refractivity contribution in [2.24, 2.45) is 0 Å². The van der Waals surface area contributed by atoms with Gasteiger partial charge in [-0.15, -0.1) is 0 Å². The van der Waals surface area contributed by atoms with Crippen LogP contribution in [0.1, 0.15) is 35.8 Å². The number of amides is 1. The normalized spacial score (nSPS) is 11.8. The average molecular weight is 401 g/mol. The van der Waals surface area contributed by atoms with Gasteiger partial charge in [0.05, 0.1) is 30.7 Å². The fraction of sp³-hybridized carbons (Fsp3) is 0.381. The first-order valence-corrected chi connectivity index (χ1v) is 9.43. The lowest BCUT2D eigenvalue weighted by molar-refractivity contribution is -0.384. The highest BCUT2D eigenvalue weighted by Crippen LogP contribution is 2.26. The molecule has 1 unspecified atom stereocenters. The van der Waals surface area contributed by atoms with E-state index in [2.05, 4.69) is 24.1 Å². The molecule has 0 aliphatic heterocycles. The van der Waals surface area contributed by atoms with E-state index in [-0.39, 0.29) is 23.0 Å². The second-order valence-electron chi connectivity index (χ2n) is 6.37. The highest BCUT2D eigenvalue weighted by Gasteiger charge is 2.22. The molecule has 0 bridgehead atoms. The van der Waals surface area contributed by atoms with E-state index < -0.39 is 10.8 Å². The Balaban J connectivity index is 2.27. The van der Waals surface area contributed by atoms with Crippen LogP contribution >= 0.6 is 0 Å². The molecule has 1 N–H and O–H groups in total. The number of likely N-dealkylation sites (N-methyl/N-ethyl adjacent to an activating group) is 1. The summed E-state index contributed by atoms with van der Waals surface area (Å²) in [4.78, 5) is 25.6. The molecule has 8 nitrogen and oxygen atoms in total. The minimum atomic E-state index is -0.537. The standard InChI is InChI=1S/C21H27N3O5/c1-5-23(6-2)19(15-8-7-9-17(12-15)28-3)14-22-21(25)18-13-16(24(26)27)10-11-20(18)29-4/h7-13,19H,5-6,14H2,1-4H3,(H,22,25). The Kier molecular flexibility index (Phi) is 7.97. The number of nitro groups is 1. The van der Waals surface area contributed by atoms with Gasteiger partial charge < -0.3 is 14.8 Å². The van der Waals surface area contributed by atoms with Gasteiger partial charge in [-0.25, -0.2) is 0 Å². The summed E-state index contributed by atoms with van der Waals surface area (Å²) < 4.78 is 10.5. The van der Waals surface area contributed by atoms with Gasteiger partial charge in [0.2, 0.25) is 0 Å². The van der Waals surface area contributed by atoms with Crippen molar-refractivity contribution < 1.29 is 19.2 Å². The molecule has 29 heavy (non-hydrogen) atoms. The third-order valence-corrected chi connectivity index (χ3v) is 4.83. The van der Waals surface area contributed by atoms with E-state index in [0.29, 0.717) is 6.54 Å². The van der Waals surface area contributed by atoms with Gasteiger partial charge in [-0.2, -0.15) is 0 Å². The van der Waals surface area contributed by atoms with E-state index >= 15 is 0 Å². The number of benzene rings is 2. The smallest absolute Gasteiger partial charge is 0.270 e. The molecule has 2 rings (SSSR count). The Hall–Kier alpha value is -3.13. The minimum absolute atomic E-state index is 0.0752. The maximum atomic E-state index is 12.8. The summed E-state index contributed by atoms with van der Waals surface area (Å²) in [6.07, 6.45) is 0. The van der Waals surface area contributed by atoms with E-state index in [4.69, 9.17) is 9.47 Å². The largest absolute Gasteiger partial charge is 0.497 e. The Morgan fingerprint density at radius 2 is 1.86 bits per heavy atom. The maximum absolute atomic E-state index is 12.8. The highest BCUT2D eigenvalue weighted by molar-refractivity contribution is 5.97. The molecule has 0 aliphatic carbocycles. The molecule has 1 atom stereocenters. The molecule has 156 valence electrons. The van der Waals surface area contributed by atoms with Crippen molar-refractivity contribution >= 4 is 11.6 Å². The number of nitrogens with zero attached hydrogens (tertiary/aromatic N) is 2. The van der Waals surface area contributed by atoms with Crippen molar-refractivity contribution in [2.75, 3.05) is 33.9 Å². The number of ether oxygens (including phenoxy) is 2. The highest BCUT2D eigenvalue weighted by atomic mass is 16.6. The molecule has 0 aliphatic rings. The fourth-order valence-electron chi connectivity index (χ4n) is 3.24. The zero-order chi connectivity index (χ0) is 21.4. The van der Waals surface area contributed by atoms with Crippen molar-refractivity contribution in [3.8, 4) is 11.5 Å². The molecule has 0 saturated carbocycles.